The van der Waals surface area contributed by atoms with E-state index < -0.39 is 24.4 Å². The van der Waals surface area contributed by atoms with E-state index in [0.29, 0.717) is 37.7 Å². The molecule has 1 fully saturated rings. The molecule has 3 aromatic rings. The Bertz CT molecular complexity index is 1220. The van der Waals surface area contributed by atoms with Gasteiger partial charge in [0, 0.05) is 25.5 Å². The molecule has 0 aromatic carbocycles. The highest BCUT2D eigenvalue weighted by Gasteiger charge is 2.32. The fourth-order valence-electron chi connectivity index (χ4n) is 3.31. The summed E-state index contributed by atoms with van der Waals surface area (Å²) >= 11 is 6.06. The Morgan fingerprint density at radius 1 is 1.14 bits per heavy atom. The number of hydrogen-bond acceptors (Lipinski definition) is 9. The minimum atomic E-state index is -4.54. The van der Waals surface area contributed by atoms with Crippen molar-refractivity contribution in [1.29, 1.82) is 0 Å². The lowest BCUT2D eigenvalue weighted by Gasteiger charge is -2.28. The van der Waals surface area contributed by atoms with Crippen molar-refractivity contribution in [2.75, 3.05) is 36.5 Å². The zero-order chi connectivity index (χ0) is 25.4. The molecule has 0 unspecified atom stereocenters. The van der Waals surface area contributed by atoms with Gasteiger partial charge in [-0.15, -0.1) is 0 Å². The van der Waals surface area contributed by atoms with E-state index >= 15 is 0 Å². The summed E-state index contributed by atoms with van der Waals surface area (Å²) in [6.07, 6.45) is -2.59. The van der Waals surface area contributed by atoms with Crippen LogP contribution in [-0.4, -0.2) is 73.7 Å². The maximum absolute atomic E-state index is 13.2. The lowest BCUT2D eigenvalue weighted by molar-refractivity contribution is -0.140. The number of alkyl halides is 3. The maximum Gasteiger partial charge on any atom is 0.414 e. The second-order valence-corrected chi connectivity index (χ2v) is 8.98. The Morgan fingerprint density at radius 2 is 1.80 bits per heavy atom. The minimum Gasteiger partial charge on any atom is -0.444 e. The SMILES string of the molecule is CC(C)(C)OC(=O)Nc1ncc(-c2nc(N3CCOCC3)c3nc(Cl)n(CC(F)(F)F)c3n2)cn1. The highest BCUT2D eigenvalue weighted by molar-refractivity contribution is 6.29. The van der Waals surface area contributed by atoms with E-state index in [4.69, 9.17) is 21.1 Å². The summed E-state index contributed by atoms with van der Waals surface area (Å²) in [5.74, 6) is 0.373. The molecule has 0 aliphatic carbocycles. The number of imidazole rings is 1. The van der Waals surface area contributed by atoms with Crippen LogP contribution < -0.4 is 10.2 Å². The van der Waals surface area contributed by atoms with Crippen LogP contribution in [-0.2, 0) is 16.0 Å². The molecule has 35 heavy (non-hydrogen) atoms. The van der Waals surface area contributed by atoms with E-state index in [0.717, 1.165) is 4.57 Å². The standard InChI is InChI=1S/C20H22ClF3N8O3/c1-19(2,3)35-18(33)30-17-25-8-11(9-26-17)13-28-14(31-4-6-34-7-5-31)12-15(29-13)32(16(21)27-12)10-20(22,23)24/h8-9H,4-7,10H2,1-3H3,(H,25,26,30,33). The second-order valence-electron chi connectivity index (χ2n) is 8.65. The normalized spacial score (nSPS) is 14.9. The van der Waals surface area contributed by atoms with Crippen LogP contribution in [0.25, 0.3) is 22.6 Å². The monoisotopic (exact) mass is 514 g/mol. The first kappa shape index (κ1) is 24.9. The fraction of sp³-hybridized carbons (Fsp3) is 0.500. The van der Waals surface area contributed by atoms with Crippen molar-refractivity contribution in [2.24, 2.45) is 0 Å². The van der Waals surface area contributed by atoms with Crippen LogP contribution >= 0.6 is 11.6 Å². The van der Waals surface area contributed by atoms with Gasteiger partial charge in [0.1, 0.15) is 12.1 Å². The summed E-state index contributed by atoms with van der Waals surface area (Å²) in [6.45, 7) is 5.55. The predicted octanol–water partition coefficient (Wildman–Crippen LogP) is 3.68. The zero-order valence-electron chi connectivity index (χ0n) is 19.1. The molecule has 3 aromatic heterocycles. The summed E-state index contributed by atoms with van der Waals surface area (Å²) in [5.41, 5.74) is -0.320. The molecule has 1 saturated heterocycles. The Hall–Kier alpha value is -3.26. The van der Waals surface area contributed by atoms with Crippen molar-refractivity contribution < 1.29 is 27.4 Å². The van der Waals surface area contributed by atoms with Gasteiger partial charge in [-0.3, -0.25) is 9.88 Å². The third kappa shape index (κ3) is 6.06. The van der Waals surface area contributed by atoms with Crippen LogP contribution in [0.1, 0.15) is 20.8 Å². The number of ether oxygens (including phenoxy) is 2. The molecule has 1 amide bonds. The molecule has 4 rings (SSSR count). The van der Waals surface area contributed by atoms with Crippen molar-refractivity contribution in [3.63, 3.8) is 0 Å². The largest absolute Gasteiger partial charge is 0.444 e. The average Bonchev–Trinajstić information content (AvgIpc) is 3.06. The zero-order valence-corrected chi connectivity index (χ0v) is 19.8. The van der Waals surface area contributed by atoms with Crippen molar-refractivity contribution in [3.05, 3.63) is 17.7 Å². The molecule has 11 nitrogen and oxygen atoms in total. The van der Waals surface area contributed by atoms with Crippen LogP contribution in [0.2, 0.25) is 5.28 Å². The summed E-state index contributed by atoms with van der Waals surface area (Å²) in [5, 5.41) is 2.05. The molecule has 0 atom stereocenters. The third-order valence-corrected chi connectivity index (χ3v) is 4.99. The number of aromatic nitrogens is 6. The highest BCUT2D eigenvalue weighted by atomic mass is 35.5. The summed E-state index contributed by atoms with van der Waals surface area (Å²) in [6, 6.07) is 0. The first-order chi connectivity index (χ1) is 16.4. The molecular formula is C20H22ClF3N8O3. The van der Waals surface area contributed by atoms with E-state index in [1.165, 1.54) is 12.4 Å². The Balaban J connectivity index is 1.72. The fourth-order valence-corrected chi connectivity index (χ4v) is 3.53. The van der Waals surface area contributed by atoms with Gasteiger partial charge in [-0.25, -0.2) is 29.7 Å². The van der Waals surface area contributed by atoms with Gasteiger partial charge in [0.05, 0.1) is 18.8 Å². The molecular weight excluding hydrogens is 493 g/mol. The molecule has 15 heteroatoms. The van der Waals surface area contributed by atoms with Gasteiger partial charge in [-0.2, -0.15) is 13.2 Å². The van der Waals surface area contributed by atoms with Gasteiger partial charge in [-0.05, 0) is 32.4 Å². The van der Waals surface area contributed by atoms with Crippen LogP contribution in [0.5, 0.6) is 0 Å². The van der Waals surface area contributed by atoms with Crippen molar-refractivity contribution in [2.45, 2.75) is 39.1 Å². The highest BCUT2D eigenvalue weighted by Crippen LogP contribution is 2.32. The smallest absolute Gasteiger partial charge is 0.414 e. The second kappa shape index (κ2) is 9.41. The van der Waals surface area contributed by atoms with Crippen molar-refractivity contribution in [3.8, 4) is 11.4 Å². The number of nitrogens with zero attached hydrogens (tertiary/aromatic N) is 7. The first-order valence-corrected chi connectivity index (χ1v) is 10.9. The maximum atomic E-state index is 13.2. The lowest BCUT2D eigenvalue weighted by atomic mass is 10.2. The van der Waals surface area contributed by atoms with Gasteiger partial charge >= 0.3 is 12.3 Å². The number of amides is 1. The molecule has 4 heterocycles. The van der Waals surface area contributed by atoms with Gasteiger partial charge in [0.15, 0.2) is 22.8 Å². The third-order valence-electron chi connectivity index (χ3n) is 4.70. The Kier molecular flexibility index (Phi) is 6.68. The molecule has 1 N–H and O–H groups in total. The summed E-state index contributed by atoms with van der Waals surface area (Å²) < 4.78 is 51.0. The number of rotatable bonds is 4. The van der Waals surface area contributed by atoms with Gasteiger partial charge in [0.2, 0.25) is 11.2 Å². The topological polar surface area (TPSA) is 120 Å². The van der Waals surface area contributed by atoms with Gasteiger partial charge < -0.3 is 14.4 Å². The molecule has 1 aliphatic heterocycles. The quantitative estimate of drug-likeness (QED) is 0.520. The molecule has 0 spiro atoms. The number of anilines is 2. The van der Waals surface area contributed by atoms with Gasteiger partial charge in [-0.1, -0.05) is 0 Å². The molecule has 0 bridgehead atoms. The van der Waals surface area contributed by atoms with E-state index in [-0.39, 0.29) is 28.2 Å². The van der Waals surface area contributed by atoms with Crippen LogP contribution in [0.3, 0.4) is 0 Å². The summed E-state index contributed by atoms with van der Waals surface area (Å²) in [4.78, 5) is 34.9. The molecule has 0 radical (unpaired) electrons. The van der Waals surface area contributed by atoms with Crippen LogP contribution in [0.4, 0.5) is 29.7 Å². The first-order valence-electron chi connectivity index (χ1n) is 10.6. The Morgan fingerprint density at radius 3 is 2.40 bits per heavy atom. The lowest BCUT2D eigenvalue weighted by Crippen LogP contribution is -2.37. The van der Waals surface area contributed by atoms with E-state index in [9.17, 15) is 18.0 Å². The number of carbonyl (C=O) groups excluding carboxylic acids is 1. The number of morpholine rings is 1. The van der Waals surface area contributed by atoms with E-state index in [1.807, 2.05) is 4.90 Å². The van der Waals surface area contributed by atoms with Crippen molar-refractivity contribution in [1.82, 2.24) is 29.5 Å². The molecule has 188 valence electrons. The predicted molar refractivity (Wildman–Crippen MR) is 120 cm³/mol. The van der Waals surface area contributed by atoms with Crippen LogP contribution in [0.15, 0.2) is 12.4 Å². The molecule has 0 saturated carbocycles. The van der Waals surface area contributed by atoms with Gasteiger partial charge in [0.25, 0.3) is 0 Å². The van der Waals surface area contributed by atoms with Crippen LogP contribution in [0, 0.1) is 0 Å². The minimum absolute atomic E-state index is 0.0253. The number of carbonyl (C=O) groups is 1. The number of nitrogens with one attached hydrogen (secondary N) is 1. The Labute approximate surface area is 202 Å². The summed E-state index contributed by atoms with van der Waals surface area (Å²) in [7, 11) is 0. The van der Waals surface area contributed by atoms with Crippen molar-refractivity contribution >= 4 is 40.6 Å². The number of halogens is 4. The van der Waals surface area contributed by atoms with E-state index in [1.54, 1.807) is 20.8 Å². The number of fused-ring (bicyclic) bond motifs is 1. The average molecular weight is 515 g/mol. The number of hydrogen-bond donors (Lipinski definition) is 1. The molecule has 1 aliphatic rings. The van der Waals surface area contributed by atoms with E-state index in [2.05, 4.69) is 30.2 Å².